The lowest BCUT2D eigenvalue weighted by atomic mass is 9.85. The Hall–Kier alpha value is -5.66. The van der Waals surface area contributed by atoms with E-state index in [2.05, 4.69) is 0 Å². The number of fused-ring (bicyclic) bond motifs is 6. The summed E-state index contributed by atoms with van der Waals surface area (Å²) in [6, 6.07) is 11.8. The van der Waals surface area contributed by atoms with Gasteiger partial charge < -0.3 is 4.42 Å². The first-order chi connectivity index (χ1) is 28.0. The van der Waals surface area contributed by atoms with Gasteiger partial charge in [0, 0.05) is 10.8 Å². The summed E-state index contributed by atoms with van der Waals surface area (Å²) < 4.78 is 139. The lowest BCUT2D eigenvalue weighted by Crippen LogP contribution is -1.96. The van der Waals surface area contributed by atoms with Crippen molar-refractivity contribution in [3.05, 3.63) is 168 Å². The first kappa shape index (κ1) is 14.2. The van der Waals surface area contributed by atoms with Crippen molar-refractivity contribution in [2.24, 2.45) is 0 Å². The summed E-state index contributed by atoms with van der Waals surface area (Å²) in [5.41, 5.74) is 3.09. The molecule has 1 heterocycles. The van der Waals surface area contributed by atoms with Crippen LogP contribution in [0.3, 0.4) is 0 Å². The SMILES string of the molecule is [2H]c1c([2H])c([2H])c2c(Cc3c4c([2H])c([2H])c([2H])c([2H])c4c(-c4ccc5c(c4)oc4ccc(-c6ccccc6)cc45)c4c([2H])c([2H])c([2H])c([2H])c34)c([2H])c([2H])c([2H])c2c1[2H]. The molecule has 0 radical (unpaired) electrons. The van der Waals surface area contributed by atoms with E-state index in [1.54, 1.807) is 18.2 Å². The summed E-state index contributed by atoms with van der Waals surface area (Å²) in [5.74, 6) is 0. The molecule has 0 saturated heterocycles. The zero-order valence-corrected chi connectivity index (χ0v) is 23.0. The fourth-order valence-corrected chi connectivity index (χ4v) is 6.08. The summed E-state index contributed by atoms with van der Waals surface area (Å²) in [7, 11) is 0. The van der Waals surface area contributed by atoms with Crippen molar-refractivity contribution in [2.75, 3.05) is 0 Å². The highest BCUT2D eigenvalue weighted by atomic mass is 16.3. The third-order valence-corrected chi connectivity index (χ3v) is 8.09. The van der Waals surface area contributed by atoms with Gasteiger partial charge in [-0.05, 0) is 96.4 Å². The van der Waals surface area contributed by atoms with E-state index >= 15 is 0 Å². The van der Waals surface area contributed by atoms with Gasteiger partial charge in [0.15, 0.2) is 0 Å². The zero-order chi connectivity index (χ0) is 42.1. The Balaban J connectivity index is 1.43. The summed E-state index contributed by atoms with van der Waals surface area (Å²) in [4.78, 5) is 0. The molecule has 0 fully saturated rings. The van der Waals surface area contributed by atoms with Crippen molar-refractivity contribution in [1.29, 1.82) is 0 Å². The molecule has 0 spiro atoms. The quantitative estimate of drug-likeness (QED) is 0.190. The molecular formula is C43H28O. The fraction of sp³-hybridized carbons (Fsp3) is 0.0233. The molecule has 0 unspecified atom stereocenters. The standard InChI is InChI=1S/C43H28O/c1-2-11-28(12-3-1)30-22-24-41-40(25-30)36-23-21-32(27-42(36)44-41)43-37-19-8-6-17-34(37)39(35-18-7-9-20-38(35)43)26-31-15-10-14-29-13-4-5-16-33(29)31/h1-25,27H,26H2/i4D,5D,6D,7D,8D,9D,10D,13D,14D,15D,16D,17D,18D,19D,20D. The first-order valence-corrected chi connectivity index (χ1v) is 14.0. The Kier molecular flexibility index (Phi) is 3.22. The number of hydrogen-bond acceptors (Lipinski definition) is 1. The van der Waals surface area contributed by atoms with Crippen LogP contribution in [0.15, 0.2) is 162 Å². The molecule has 1 aromatic heterocycles. The maximum Gasteiger partial charge on any atom is 0.136 e. The van der Waals surface area contributed by atoms with E-state index in [9.17, 15) is 5.48 Å². The van der Waals surface area contributed by atoms with Gasteiger partial charge in [-0.1, -0.05) is 133 Å². The van der Waals surface area contributed by atoms with Crippen molar-refractivity contribution >= 4 is 54.3 Å². The topological polar surface area (TPSA) is 13.1 Å². The molecule has 0 bridgehead atoms. The second-order valence-corrected chi connectivity index (χ2v) is 10.5. The maximum absolute atomic E-state index is 9.29. The number of benzene rings is 8. The van der Waals surface area contributed by atoms with Gasteiger partial charge in [0.05, 0.1) is 20.6 Å². The molecule has 206 valence electrons. The number of hydrogen-bond donors (Lipinski definition) is 0. The maximum atomic E-state index is 9.29. The predicted molar refractivity (Wildman–Crippen MR) is 186 cm³/mol. The van der Waals surface area contributed by atoms with Gasteiger partial charge in [-0.3, -0.25) is 0 Å². The normalized spacial score (nSPS) is 16.5. The van der Waals surface area contributed by atoms with E-state index in [1.807, 2.05) is 48.5 Å². The molecule has 44 heavy (non-hydrogen) atoms. The van der Waals surface area contributed by atoms with Crippen LogP contribution in [0.2, 0.25) is 0 Å². The smallest absolute Gasteiger partial charge is 0.136 e. The van der Waals surface area contributed by atoms with Crippen LogP contribution in [0.1, 0.15) is 31.7 Å². The van der Waals surface area contributed by atoms with E-state index in [-0.39, 0.29) is 49.0 Å². The van der Waals surface area contributed by atoms with E-state index in [0.29, 0.717) is 16.7 Å². The van der Waals surface area contributed by atoms with E-state index in [1.165, 1.54) is 0 Å². The zero-order valence-electron chi connectivity index (χ0n) is 38.0. The molecule has 9 rings (SSSR count). The summed E-state index contributed by atoms with van der Waals surface area (Å²) in [6.45, 7) is 0. The second-order valence-electron chi connectivity index (χ2n) is 10.5. The molecule has 0 atom stereocenters. The third kappa shape index (κ3) is 3.94. The molecular weight excluding hydrogens is 532 g/mol. The van der Waals surface area contributed by atoms with Gasteiger partial charge in [0.25, 0.3) is 0 Å². The number of rotatable bonds is 4. The second kappa shape index (κ2) is 9.97. The Morgan fingerprint density at radius 1 is 0.455 bits per heavy atom. The van der Waals surface area contributed by atoms with Gasteiger partial charge in [0.1, 0.15) is 11.2 Å². The van der Waals surface area contributed by atoms with Gasteiger partial charge in [0.2, 0.25) is 0 Å². The van der Waals surface area contributed by atoms with Crippen LogP contribution < -0.4 is 0 Å². The van der Waals surface area contributed by atoms with Crippen molar-refractivity contribution in [1.82, 2.24) is 0 Å². The van der Waals surface area contributed by atoms with Gasteiger partial charge in [-0.2, -0.15) is 0 Å². The van der Waals surface area contributed by atoms with Crippen molar-refractivity contribution in [2.45, 2.75) is 6.42 Å². The van der Waals surface area contributed by atoms with Crippen LogP contribution >= 0.6 is 0 Å². The predicted octanol–water partition coefficient (Wildman–Crippen LogP) is 12.0. The average Bonchev–Trinajstić information content (AvgIpc) is 3.61. The molecule has 1 heteroatoms. The van der Waals surface area contributed by atoms with Crippen LogP contribution in [0, 0.1) is 0 Å². The third-order valence-electron chi connectivity index (χ3n) is 8.09. The van der Waals surface area contributed by atoms with Crippen molar-refractivity contribution < 1.29 is 25.0 Å². The van der Waals surface area contributed by atoms with Gasteiger partial charge in [-0.15, -0.1) is 0 Å². The minimum Gasteiger partial charge on any atom is -0.456 e. The molecule has 0 amide bonds. The minimum atomic E-state index is -0.661. The molecule has 8 aromatic carbocycles. The Labute approximate surface area is 276 Å². The molecule has 0 aliphatic rings. The largest absolute Gasteiger partial charge is 0.456 e. The number of furan rings is 1. The van der Waals surface area contributed by atoms with Crippen LogP contribution in [-0.4, -0.2) is 0 Å². The van der Waals surface area contributed by atoms with Crippen LogP contribution in [0.25, 0.3) is 76.5 Å². The molecule has 0 saturated carbocycles. The van der Waals surface area contributed by atoms with Crippen LogP contribution in [0.5, 0.6) is 0 Å². The molecule has 9 aromatic rings. The van der Waals surface area contributed by atoms with E-state index in [0.717, 1.165) is 21.9 Å². The lowest BCUT2D eigenvalue weighted by molar-refractivity contribution is 0.669. The first-order valence-electron chi connectivity index (χ1n) is 21.5. The molecule has 0 aliphatic heterocycles. The summed E-state index contributed by atoms with van der Waals surface area (Å²) >= 11 is 0. The van der Waals surface area contributed by atoms with E-state index < -0.39 is 97.1 Å². The highest BCUT2D eigenvalue weighted by molar-refractivity contribution is 6.16. The van der Waals surface area contributed by atoms with Crippen LogP contribution in [-0.2, 0) is 6.42 Å². The fourth-order valence-electron chi connectivity index (χ4n) is 6.08. The Bertz CT molecular complexity index is 3270. The minimum absolute atomic E-state index is 0.0738. The molecule has 0 N–H and O–H groups in total. The van der Waals surface area contributed by atoms with Crippen molar-refractivity contribution in [3.8, 4) is 22.3 Å². The van der Waals surface area contributed by atoms with E-state index in [4.69, 9.17) is 19.5 Å². The van der Waals surface area contributed by atoms with Gasteiger partial charge in [-0.25, -0.2) is 0 Å². The Morgan fingerprint density at radius 3 is 1.89 bits per heavy atom. The van der Waals surface area contributed by atoms with Crippen LogP contribution in [0.4, 0.5) is 0 Å². The highest BCUT2D eigenvalue weighted by Gasteiger charge is 2.18. The highest BCUT2D eigenvalue weighted by Crippen LogP contribution is 2.42. The lowest BCUT2D eigenvalue weighted by Gasteiger charge is -2.18. The summed E-state index contributed by atoms with van der Waals surface area (Å²) in [5, 5.41) is 0.504. The van der Waals surface area contributed by atoms with Crippen molar-refractivity contribution in [3.63, 3.8) is 0 Å². The Morgan fingerprint density at radius 2 is 1.11 bits per heavy atom. The molecule has 0 aliphatic carbocycles. The van der Waals surface area contributed by atoms with Gasteiger partial charge >= 0.3 is 0 Å². The summed E-state index contributed by atoms with van der Waals surface area (Å²) in [6.07, 6.45) is -0.562. The average molecular weight is 576 g/mol. The monoisotopic (exact) mass is 575 g/mol. The molecule has 1 nitrogen and oxygen atoms in total.